The van der Waals surface area contributed by atoms with E-state index in [0.717, 1.165) is 24.9 Å². The molecule has 0 atom stereocenters. The molecule has 1 aromatic rings. The maximum Gasteiger partial charge on any atom is 0.410 e. The Hall–Kier alpha value is -2.11. The van der Waals surface area contributed by atoms with Crippen LogP contribution in [-0.2, 0) is 4.74 Å². The second-order valence-corrected chi connectivity index (χ2v) is 7.52. The van der Waals surface area contributed by atoms with Gasteiger partial charge in [-0.3, -0.25) is 9.78 Å². The molecule has 0 bridgehead atoms. The van der Waals surface area contributed by atoms with Crippen molar-refractivity contribution in [2.24, 2.45) is 0 Å². The lowest BCUT2D eigenvalue weighted by Gasteiger charge is -2.37. The second kappa shape index (κ2) is 8.06. The molecule has 0 aromatic carbocycles. The van der Waals surface area contributed by atoms with Crippen molar-refractivity contribution in [3.63, 3.8) is 0 Å². The highest BCUT2D eigenvalue weighted by atomic mass is 16.6. The summed E-state index contributed by atoms with van der Waals surface area (Å²) in [6.07, 6.45) is 9.13. The van der Waals surface area contributed by atoms with E-state index >= 15 is 0 Å². The summed E-state index contributed by atoms with van der Waals surface area (Å²) >= 11 is 0. The fourth-order valence-corrected chi connectivity index (χ4v) is 3.83. The van der Waals surface area contributed by atoms with Gasteiger partial charge in [-0.15, -0.1) is 0 Å². The van der Waals surface area contributed by atoms with Gasteiger partial charge in [-0.05, 0) is 25.0 Å². The van der Waals surface area contributed by atoms with Crippen LogP contribution < -0.4 is 0 Å². The highest BCUT2D eigenvalue weighted by Crippen LogP contribution is 2.34. The first-order valence-electron chi connectivity index (χ1n) is 9.72. The zero-order valence-electron chi connectivity index (χ0n) is 15.9. The van der Waals surface area contributed by atoms with Crippen LogP contribution in [0.5, 0.6) is 0 Å². The lowest BCUT2D eigenvalue weighted by atomic mass is 9.91. The normalized spacial score (nSPS) is 19.1. The Balaban J connectivity index is 1.54. The van der Waals surface area contributed by atoms with Crippen LogP contribution in [0.2, 0.25) is 0 Å². The van der Waals surface area contributed by atoms with Gasteiger partial charge in [-0.25, -0.2) is 4.79 Å². The molecule has 2 aliphatic rings. The monoisotopic (exact) mass is 359 g/mol. The molecule has 1 spiro atoms. The van der Waals surface area contributed by atoms with Gasteiger partial charge < -0.3 is 14.5 Å². The van der Waals surface area contributed by atoms with Gasteiger partial charge in [0.15, 0.2) is 0 Å². The molecular weight excluding hydrogens is 330 g/mol. The predicted molar refractivity (Wildman–Crippen MR) is 99.0 cm³/mol. The summed E-state index contributed by atoms with van der Waals surface area (Å²) < 4.78 is 5.75. The quantitative estimate of drug-likeness (QED) is 0.730. The minimum atomic E-state index is -0.414. The Morgan fingerprint density at radius 1 is 1.27 bits per heavy atom. The van der Waals surface area contributed by atoms with Crippen LogP contribution in [0.3, 0.4) is 0 Å². The van der Waals surface area contributed by atoms with Crippen LogP contribution in [0.15, 0.2) is 18.5 Å². The Bertz CT molecular complexity index is 653. The minimum absolute atomic E-state index is 0.0196. The SMILES string of the molecule is CCCCCCN1CC2(CCN(C(=O)c3cnccc3C)CC2)OC1=O. The van der Waals surface area contributed by atoms with Crippen LogP contribution in [-0.4, -0.2) is 58.6 Å². The highest BCUT2D eigenvalue weighted by molar-refractivity contribution is 5.95. The number of likely N-dealkylation sites (tertiary alicyclic amines) is 1. The van der Waals surface area contributed by atoms with Crippen LogP contribution >= 0.6 is 0 Å². The molecule has 0 N–H and O–H groups in total. The van der Waals surface area contributed by atoms with E-state index in [-0.39, 0.29) is 12.0 Å². The van der Waals surface area contributed by atoms with E-state index in [4.69, 9.17) is 4.74 Å². The van der Waals surface area contributed by atoms with Crippen molar-refractivity contribution in [2.45, 2.75) is 58.0 Å². The summed E-state index contributed by atoms with van der Waals surface area (Å²) in [4.78, 5) is 32.7. The summed E-state index contributed by atoms with van der Waals surface area (Å²) in [7, 11) is 0. The van der Waals surface area contributed by atoms with E-state index in [1.54, 1.807) is 12.4 Å². The summed E-state index contributed by atoms with van der Waals surface area (Å²) in [5, 5.41) is 0. The zero-order chi connectivity index (χ0) is 18.6. The number of aromatic nitrogens is 1. The largest absolute Gasteiger partial charge is 0.441 e. The van der Waals surface area contributed by atoms with Gasteiger partial charge in [0.05, 0.1) is 12.1 Å². The molecule has 2 fully saturated rings. The first kappa shape index (κ1) is 18.7. The first-order valence-corrected chi connectivity index (χ1v) is 9.72. The van der Waals surface area contributed by atoms with Crippen molar-refractivity contribution < 1.29 is 14.3 Å². The van der Waals surface area contributed by atoms with Crippen molar-refractivity contribution in [2.75, 3.05) is 26.2 Å². The van der Waals surface area contributed by atoms with Crippen LogP contribution in [0.25, 0.3) is 0 Å². The highest BCUT2D eigenvalue weighted by Gasteiger charge is 2.47. The number of piperidine rings is 1. The molecule has 0 unspecified atom stereocenters. The molecule has 6 heteroatoms. The third-order valence-corrected chi connectivity index (χ3v) is 5.55. The van der Waals surface area contributed by atoms with Gasteiger partial charge in [-0.2, -0.15) is 0 Å². The smallest absolute Gasteiger partial charge is 0.410 e. The van der Waals surface area contributed by atoms with Gasteiger partial charge in [0.2, 0.25) is 0 Å². The summed E-state index contributed by atoms with van der Waals surface area (Å²) in [6, 6.07) is 1.85. The van der Waals surface area contributed by atoms with E-state index in [9.17, 15) is 9.59 Å². The molecule has 0 saturated carbocycles. The van der Waals surface area contributed by atoms with Crippen LogP contribution in [0, 0.1) is 6.92 Å². The number of hydrogen-bond acceptors (Lipinski definition) is 4. The number of rotatable bonds is 6. The molecular formula is C20H29N3O3. The number of ether oxygens (including phenoxy) is 1. The number of amides is 2. The Morgan fingerprint density at radius 2 is 2.04 bits per heavy atom. The Morgan fingerprint density at radius 3 is 2.73 bits per heavy atom. The topological polar surface area (TPSA) is 62.7 Å². The Labute approximate surface area is 155 Å². The van der Waals surface area contributed by atoms with Gasteiger partial charge in [0.25, 0.3) is 5.91 Å². The summed E-state index contributed by atoms with van der Waals surface area (Å²) in [6.45, 7) is 6.77. The van der Waals surface area contributed by atoms with Crippen molar-refractivity contribution in [1.82, 2.24) is 14.8 Å². The molecule has 0 radical (unpaired) electrons. The molecule has 6 nitrogen and oxygen atoms in total. The number of unbranched alkanes of at least 4 members (excludes halogenated alkanes) is 3. The fraction of sp³-hybridized carbons (Fsp3) is 0.650. The number of hydrogen-bond donors (Lipinski definition) is 0. The average molecular weight is 359 g/mol. The lowest BCUT2D eigenvalue weighted by Crippen LogP contribution is -2.48. The molecule has 2 aliphatic heterocycles. The average Bonchev–Trinajstić information content (AvgIpc) is 2.94. The van der Waals surface area contributed by atoms with Crippen molar-refractivity contribution in [3.05, 3.63) is 29.6 Å². The zero-order valence-corrected chi connectivity index (χ0v) is 15.9. The van der Waals surface area contributed by atoms with Gasteiger partial charge in [0, 0.05) is 44.9 Å². The molecule has 3 rings (SSSR count). The van der Waals surface area contributed by atoms with Crippen molar-refractivity contribution in [1.29, 1.82) is 0 Å². The van der Waals surface area contributed by atoms with Crippen LogP contribution in [0.1, 0.15) is 61.4 Å². The lowest BCUT2D eigenvalue weighted by molar-refractivity contribution is 0.00311. The van der Waals surface area contributed by atoms with Crippen LogP contribution in [0.4, 0.5) is 4.79 Å². The van der Waals surface area contributed by atoms with Gasteiger partial charge in [0.1, 0.15) is 5.60 Å². The number of carbonyl (C=O) groups excluding carboxylic acids is 2. The van der Waals surface area contributed by atoms with Crippen molar-refractivity contribution in [3.8, 4) is 0 Å². The van der Waals surface area contributed by atoms with Gasteiger partial charge >= 0.3 is 6.09 Å². The molecule has 0 aliphatic carbocycles. The Kier molecular flexibility index (Phi) is 5.79. The van der Waals surface area contributed by atoms with Crippen molar-refractivity contribution >= 4 is 12.0 Å². The maximum absolute atomic E-state index is 12.7. The van der Waals surface area contributed by atoms with Gasteiger partial charge in [-0.1, -0.05) is 26.2 Å². The summed E-state index contributed by atoms with van der Waals surface area (Å²) in [5.74, 6) is 0.0196. The fourth-order valence-electron chi connectivity index (χ4n) is 3.83. The number of nitrogens with zero attached hydrogens (tertiary/aromatic N) is 3. The third-order valence-electron chi connectivity index (χ3n) is 5.55. The first-order chi connectivity index (χ1) is 12.5. The van der Waals surface area contributed by atoms with E-state index < -0.39 is 5.60 Å². The summed E-state index contributed by atoms with van der Waals surface area (Å²) in [5.41, 5.74) is 1.18. The molecule has 2 amide bonds. The molecule has 26 heavy (non-hydrogen) atoms. The molecule has 142 valence electrons. The second-order valence-electron chi connectivity index (χ2n) is 7.52. The molecule has 1 aromatic heterocycles. The predicted octanol–water partition coefficient (Wildman–Crippen LogP) is 3.40. The number of pyridine rings is 1. The van der Waals surface area contributed by atoms with E-state index in [1.807, 2.05) is 22.8 Å². The maximum atomic E-state index is 12.7. The van der Waals surface area contributed by atoms with E-state index in [2.05, 4.69) is 11.9 Å². The number of carbonyl (C=O) groups is 2. The molecule has 2 saturated heterocycles. The third kappa shape index (κ3) is 4.00. The standard InChI is InChI=1S/C20H29N3O3/c1-3-4-5-6-11-23-15-20(26-19(23)25)8-12-22(13-9-20)18(24)17-14-21-10-7-16(17)2/h7,10,14H,3-6,8-9,11-13,15H2,1-2H3. The van der Waals surface area contributed by atoms with E-state index in [1.165, 1.54) is 12.8 Å². The number of aryl methyl sites for hydroxylation is 1. The minimum Gasteiger partial charge on any atom is -0.441 e. The van der Waals surface area contributed by atoms with E-state index in [0.29, 0.717) is 38.0 Å². The molecule has 3 heterocycles.